The number of fused-ring (bicyclic) bond motifs is 1. The van der Waals surface area contributed by atoms with Gasteiger partial charge in [0, 0.05) is 0 Å². The Kier molecular flexibility index (Phi) is 5.64. The molecule has 0 amide bonds. The van der Waals surface area contributed by atoms with Crippen molar-refractivity contribution in [2.75, 3.05) is 12.9 Å². The lowest BCUT2D eigenvalue weighted by Crippen LogP contribution is -2.57. The van der Waals surface area contributed by atoms with Crippen LogP contribution in [0.5, 0.6) is 0 Å². The fourth-order valence-electron chi connectivity index (χ4n) is 2.69. The summed E-state index contributed by atoms with van der Waals surface area (Å²) in [6, 6.07) is 0. The molecule has 0 bridgehead atoms. The van der Waals surface area contributed by atoms with E-state index in [0.717, 1.165) is 0 Å². The van der Waals surface area contributed by atoms with Crippen molar-refractivity contribution >= 4 is 20.1 Å². The molecule has 2 saturated heterocycles. The average molecular weight is 365 g/mol. The van der Waals surface area contributed by atoms with Gasteiger partial charge in [-0.2, -0.15) is 0 Å². The molecule has 7 heteroatoms. The number of aliphatic hydroxyl groups excluding tert-OH is 1. The zero-order valence-corrected chi connectivity index (χ0v) is 17.4. The van der Waals surface area contributed by atoms with Crippen LogP contribution in [-0.4, -0.2) is 61.9 Å². The van der Waals surface area contributed by atoms with Crippen LogP contribution in [0.2, 0.25) is 18.1 Å². The van der Waals surface area contributed by atoms with E-state index in [9.17, 15) is 5.11 Å². The zero-order chi connectivity index (χ0) is 17.6. The van der Waals surface area contributed by atoms with Crippen LogP contribution in [0.15, 0.2) is 0 Å². The van der Waals surface area contributed by atoms with E-state index in [2.05, 4.69) is 33.9 Å². The fourth-order valence-corrected chi connectivity index (χ4v) is 4.39. The highest BCUT2D eigenvalue weighted by Crippen LogP contribution is 2.41. The molecule has 1 unspecified atom stereocenters. The molecule has 1 N–H and O–H groups in total. The van der Waals surface area contributed by atoms with E-state index in [1.807, 2.05) is 20.1 Å². The predicted molar refractivity (Wildman–Crippen MR) is 95.2 cm³/mol. The summed E-state index contributed by atoms with van der Waals surface area (Å²) in [5.74, 6) is -0.706. The topological polar surface area (TPSA) is 57.2 Å². The number of aliphatic hydroxyl groups is 1. The quantitative estimate of drug-likeness (QED) is 0.774. The molecule has 23 heavy (non-hydrogen) atoms. The number of ether oxygens (including phenoxy) is 3. The lowest BCUT2D eigenvalue weighted by Gasteiger charge is -2.42. The van der Waals surface area contributed by atoms with Crippen molar-refractivity contribution in [1.82, 2.24) is 0 Å². The third-order valence-electron chi connectivity index (χ3n) is 5.10. The van der Waals surface area contributed by atoms with Gasteiger partial charge < -0.3 is 23.7 Å². The van der Waals surface area contributed by atoms with E-state index in [-0.39, 0.29) is 28.8 Å². The molecule has 2 fully saturated rings. The highest BCUT2D eigenvalue weighted by atomic mass is 32.2. The lowest BCUT2D eigenvalue weighted by atomic mass is 10.0. The second kappa shape index (κ2) is 6.59. The van der Waals surface area contributed by atoms with Gasteiger partial charge in [0.1, 0.15) is 29.9 Å². The summed E-state index contributed by atoms with van der Waals surface area (Å²) in [4.78, 5) is 0. The number of hydrogen-bond donors (Lipinski definition) is 1. The van der Waals surface area contributed by atoms with Crippen LogP contribution < -0.4 is 0 Å². The molecule has 0 aromatic carbocycles. The Bertz CT molecular complexity index is 423. The van der Waals surface area contributed by atoms with Gasteiger partial charge in [-0.25, -0.2) is 0 Å². The van der Waals surface area contributed by atoms with E-state index >= 15 is 0 Å². The number of hydrogen-bond acceptors (Lipinski definition) is 6. The second-order valence-electron chi connectivity index (χ2n) is 8.41. The smallest absolute Gasteiger partial charge is 0.192 e. The van der Waals surface area contributed by atoms with Gasteiger partial charge in [0.05, 0.1) is 6.61 Å². The summed E-state index contributed by atoms with van der Waals surface area (Å²) in [5.41, 5.74) is -0.318. The monoisotopic (exact) mass is 364 g/mol. The SMILES string of the molecule is CSC1O[C@H](CO[Si](C)(C)C(C)(C)C)[C@@H]2OC(C)(C)O[C@@H]2[C@H]1O. The Balaban J connectivity index is 2.11. The van der Waals surface area contributed by atoms with Crippen molar-refractivity contribution in [3.63, 3.8) is 0 Å². The first-order valence-electron chi connectivity index (χ1n) is 8.24. The van der Waals surface area contributed by atoms with Crippen molar-refractivity contribution < 1.29 is 23.7 Å². The third-order valence-corrected chi connectivity index (χ3v) is 10.5. The van der Waals surface area contributed by atoms with Gasteiger partial charge in [0.15, 0.2) is 14.1 Å². The third kappa shape index (κ3) is 4.14. The largest absolute Gasteiger partial charge is 0.414 e. The molecule has 0 aromatic rings. The Hall–Kier alpha value is 0.367. The van der Waals surface area contributed by atoms with Crippen molar-refractivity contribution in [3.05, 3.63) is 0 Å². The van der Waals surface area contributed by atoms with Crippen LogP contribution >= 0.6 is 11.8 Å². The molecule has 0 aliphatic carbocycles. The molecule has 0 saturated carbocycles. The molecule has 5 atom stereocenters. The highest BCUT2D eigenvalue weighted by molar-refractivity contribution is 7.99. The first-order valence-corrected chi connectivity index (χ1v) is 12.4. The Labute approximate surface area is 145 Å². The minimum atomic E-state index is -1.86. The van der Waals surface area contributed by atoms with Crippen LogP contribution in [0.25, 0.3) is 0 Å². The van der Waals surface area contributed by atoms with Gasteiger partial charge in [0.25, 0.3) is 0 Å². The summed E-state index contributed by atoms with van der Waals surface area (Å²) in [6.45, 7) is 15.3. The predicted octanol–water partition coefficient (Wildman–Crippen LogP) is 2.98. The molecule has 0 spiro atoms. The van der Waals surface area contributed by atoms with E-state index in [0.29, 0.717) is 6.61 Å². The Morgan fingerprint density at radius 1 is 1.17 bits per heavy atom. The van der Waals surface area contributed by atoms with Crippen LogP contribution in [0.4, 0.5) is 0 Å². The maximum absolute atomic E-state index is 10.5. The molecular formula is C16H32O5SSi. The maximum atomic E-state index is 10.5. The van der Waals surface area contributed by atoms with E-state index in [4.69, 9.17) is 18.6 Å². The summed E-state index contributed by atoms with van der Waals surface area (Å²) in [7, 11) is -1.86. The van der Waals surface area contributed by atoms with Crippen LogP contribution in [0, 0.1) is 0 Å². The molecule has 2 aliphatic heterocycles. The first kappa shape index (κ1) is 19.7. The van der Waals surface area contributed by atoms with Gasteiger partial charge in [0.2, 0.25) is 0 Å². The summed E-state index contributed by atoms with van der Waals surface area (Å²) in [6.07, 6.45) is 0.344. The van der Waals surface area contributed by atoms with Gasteiger partial charge in [-0.1, -0.05) is 20.8 Å². The molecule has 2 heterocycles. The second-order valence-corrected chi connectivity index (χ2v) is 14.2. The van der Waals surface area contributed by atoms with Crippen LogP contribution in [0.1, 0.15) is 34.6 Å². The van der Waals surface area contributed by atoms with Crippen LogP contribution in [0.3, 0.4) is 0 Å². The van der Waals surface area contributed by atoms with Crippen LogP contribution in [-0.2, 0) is 18.6 Å². The summed E-state index contributed by atoms with van der Waals surface area (Å²) >= 11 is 1.49. The number of rotatable bonds is 4. The van der Waals surface area contributed by atoms with Gasteiger partial charge in [-0.15, -0.1) is 11.8 Å². The molecule has 5 nitrogen and oxygen atoms in total. The Morgan fingerprint density at radius 3 is 2.26 bits per heavy atom. The van der Waals surface area contributed by atoms with E-state index in [1.165, 1.54) is 11.8 Å². The Morgan fingerprint density at radius 2 is 1.74 bits per heavy atom. The molecule has 0 radical (unpaired) electrons. The first-order chi connectivity index (χ1) is 10.4. The summed E-state index contributed by atoms with van der Waals surface area (Å²) < 4.78 is 24.3. The minimum Gasteiger partial charge on any atom is -0.414 e. The highest BCUT2D eigenvalue weighted by Gasteiger charge is 2.55. The zero-order valence-electron chi connectivity index (χ0n) is 15.6. The van der Waals surface area contributed by atoms with Crippen molar-refractivity contribution in [1.29, 1.82) is 0 Å². The fraction of sp³-hybridized carbons (Fsp3) is 1.00. The van der Waals surface area contributed by atoms with Crippen molar-refractivity contribution in [2.45, 2.75) is 88.4 Å². The van der Waals surface area contributed by atoms with Gasteiger partial charge >= 0.3 is 0 Å². The molecule has 0 aromatic heterocycles. The summed E-state index contributed by atoms with van der Waals surface area (Å²) in [5, 5.41) is 10.6. The normalized spacial score (nSPS) is 37.7. The molecule has 136 valence electrons. The molecule has 2 rings (SSSR count). The molecular weight excluding hydrogens is 332 g/mol. The van der Waals surface area contributed by atoms with Crippen molar-refractivity contribution in [2.24, 2.45) is 0 Å². The van der Waals surface area contributed by atoms with Gasteiger partial charge in [-0.05, 0) is 38.2 Å². The van der Waals surface area contributed by atoms with Gasteiger partial charge in [-0.3, -0.25) is 0 Å². The minimum absolute atomic E-state index is 0.145. The maximum Gasteiger partial charge on any atom is 0.192 e. The number of thioether (sulfide) groups is 1. The van der Waals surface area contributed by atoms with E-state index in [1.54, 1.807) is 0 Å². The van der Waals surface area contributed by atoms with Crippen molar-refractivity contribution in [3.8, 4) is 0 Å². The van der Waals surface area contributed by atoms with E-state index < -0.39 is 20.2 Å². The lowest BCUT2D eigenvalue weighted by molar-refractivity contribution is -0.166. The standard InChI is InChI=1S/C16H32O5SSi/c1-15(2,3)23(7,8)18-9-10-12-13(21-16(4,5)20-12)11(17)14(19-10)22-6/h10-14,17H,9H2,1-8H3/t10-,11-,12+,13-,14?/m1/s1. The molecule has 2 aliphatic rings. The average Bonchev–Trinajstić information content (AvgIpc) is 2.73.